The Balaban J connectivity index is 1.80. The summed E-state index contributed by atoms with van der Waals surface area (Å²) in [6.07, 6.45) is 0. The molecule has 0 atom stereocenters. The molecule has 3 aromatic carbocycles. The lowest BCUT2D eigenvalue weighted by Gasteiger charge is -2.12. The van der Waals surface area contributed by atoms with Crippen molar-refractivity contribution < 1.29 is 9.59 Å². The fourth-order valence-electron chi connectivity index (χ4n) is 3.24. The first kappa shape index (κ1) is 21.7. The summed E-state index contributed by atoms with van der Waals surface area (Å²) >= 11 is 11.2. The van der Waals surface area contributed by atoms with Gasteiger partial charge in [-0.3, -0.25) is 9.59 Å². The van der Waals surface area contributed by atoms with Crippen LogP contribution in [-0.4, -0.2) is 33.5 Å². The molecule has 0 saturated carbocycles. The molecule has 0 spiro atoms. The highest BCUT2D eigenvalue weighted by Gasteiger charge is 2.13. The number of anilines is 2. The Labute approximate surface area is 194 Å². The third-order valence-electron chi connectivity index (χ3n) is 4.70. The van der Waals surface area contributed by atoms with Crippen molar-refractivity contribution in [2.45, 2.75) is 0 Å². The van der Waals surface area contributed by atoms with E-state index in [0.717, 1.165) is 27.7 Å². The van der Waals surface area contributed by atoms with Crippen molar-refractivity contribution in [2.75, 3.05) is 22.4 Å². The maximum atomic E-state index is 11.7. The Kier molecular flexibility index (Phi) is 6.63. The van der Waals surface area contributed by atoms with Gasteiger partial charge in [0.1, 0.15) is 11.8 Å². The van der Waals surface area contributed by atoms with Gasteiger partial charge in [0.25, 0.3) is 0 Å². The first-order valence-corrected chi connectivity index (χ1v) is 10.8. The summed E-state index contributed by atoms with van der Waals surface area (Å²) < 4.78 is 0. The first-order chi connectivity index (χ1) is 15.6. The highest BCUT2D eigenvalue weighted by atomic mass is 35.5. The number of amides is 2. The quantitative estimate of drug-likeness (QED) is 0.378. The van der Waals surface area contributed by atoms with E-state index in [9.17, 15) is 9.59 Å². The van der Waals surface area contributed by atoms with Gasteiger partial charge in [0.15, 0.2) is 5.82 Å². The van der Waals surface area contributed by atoms with Crippen molar-refractivity contribution in [1.29, 1.82) is 0 Å². The molecule has 0 radical (unpaired) electrons. The Morgan fingerprint density at radius 2 is 1.34 bits per heavy atom. The number of alkyl halides is 2. The number of fused-ring (bicyclic) bond motifs is 1. The average Bonchev–Trinajstić information content (AvgIpc) is 2.84. The van der Waals surface area contributed by atoms with Crippen molar-refractivity contribution in [3.05, 3.63) is 72.8 Å². The number of rotatable bonds is 6. The molecule has 8 heteroatoms. The molecule has 0 aliphatic heterocycles. The molecule has 2 N–H and O–H groups in total. The number of hydrogen-bond acceptors (Lipinski definition) is 4. The van der Waals surface area contributed by atoms with Crippen LogP contribution in [0.3, 0.4) is 0 Å². The number of carbonyl (C=O) groups excluding carboxylic acids is 2. The smallest absolute Gasteiger partial charge is 0.239 e. The van der Waals surface area contributed by atoms with E-state index in [-0.39, 0.29) is 23.6 Å². The van der Waals surface area contributed by atoms with Crippen LogP contribution in [0.1, 0.15) is 0 Å². The van der Waals surface area contributed by atoms with Gasteiger partial charge in [-0.25, -0.2) is 9.97 Å². The van der Waals surface area contributed by atoms with Crippen LogP contribution in [-0.2, 0) is 9.59 Å². The van der Waals surface area contributed by atoms with Gasteiger partial charge in [0.05, 0.1) is 11.2 Å². The Morgan fingerprint density at radius 3 is 2.00 bits per heavy atom. The second-order valence-corrected chi connectivity index (χ2v) is 7.47. The summed E-state index contributed by atoms with van der Waals surface area (Å²) in [6.45, 7) is 0. The first-order valence-electron chi connectivity index (χ1n) is 9.76. The Hall–Kier alpha value is -3.48. The molecule has 0 unspecified atom stereocenters. The summed E-state index contributed by atoms with van der Waals surface area (Å²) in [6, 6.07) is 22.5. The molecule has 0 saturated heterocycles. The fraction of sp³-hybridized carbons (Fsp3) is 0.0833. The monoisotopic (exact) mass is 464 g/mol. The minimum atomic E-state index is -0.286. The van der Waals surface area contributed by atoms with Crippen molar-refractivity contribution in [3.8, 4) is 22.6 Å². The van der Waals surface area contributed by atoms with Gasteiger partial charge in [-0.1, -0.05) is 30.3 Å². The van der Waals surface area contributed by atoms with Crippen LogP contribution in [0.25, 0.3) is 33.5 Å². The molecule has 32 heavy (non-hydrogen) atoms. The highest BCUT2D eigenvalue weighted by Crippen LogP contribution is 2.31. The van der Waals surface area contributed by atoms with E-state index < -0.39 is 0 Å². The topological polar surface area (TPSA) is 84.0 Å². The van der Waals surface area contributed by atoms with Crippen LogP contribution < -0.4 is 10.6 Å². The summed E-state index contributed by atoms with van der Waals surface area (Å²) in [5, 5.41) is 6.28. The normalized spacial score (nSPS) is 10.7. The van der Waals surface area contributed by atoms with Gasteiger partial charge in [0.2, 0.25) is 11.8 Å². The van der Waals surface area contributed by atoms with Gasteiger partial charge in [-0.15, -0.1) is 23.2 Å². The van der Waals surface area contributed by atoms with E-state index >= 15 is 0 Å². The fourth-order valence-corrected chi connectivity index (χ4v) is 3.38. The molecule has 0 aliphatic rings. The van der Waals surface area contributed by atoms with Crippen LogP contribution in [0.4, 0.5) is 11.4 Å². The molecule has 1 aromatic heterocycles. The van der Waals surface area contributed by atoms with Crippen molar-refractivity contribution in [1.82, 2.24) is 9.97 Å². The number of hydrogen-bond donors (Lipinski definition) is 2. The zero-order valence-corrected chi connectivity index (χ0v) is 18.3. The average molecular weight is 465 g/mol. The highest BCUT2D eigenvalue weighted by molar-refractivity contribution is 6.29. The maximum absolute atomic E-state index is 11.7. The second-order valence-electron chi connectivity index (χ2n) is 6.93. The molecule has 4 aromatic rings. The second kappa shape index (κ2) is 9.77. The van der Waals surface area contributed by atoms with E-state index in [1.807, 2.05) is 54.6 Å². The maximum Gasteiger partial charge on any atom is 0.239 e. The number of nitrogens with one attached hydrogen (secondary N) is 2. The van der Waals surface area contributed by atoms with Gasteiger partial charge >= 0.3 is 0 Å². The van der Waals surface area contributed by atoms with Crippen LogP contribution in [0.2, 0.25) is 0 Å². The summed E-state index contributed by atoms with van der Waals surface area (Å²) in [4.78, 5) is 32.8. The number of benzene rings is 3. The summed E-state index contributed by atoms with van der Waals surface area (Å²) in [5.41, 5.74) is 4.46. The van der Waals surface area contributed by atoms with E-state index in [1.165, 1.54) is 0 Å². The molecule has 0 fully saturated rings. The molecule has 160 valence electrons. The van der Waals surface area contributed by atoms with E-state index in [0.29, 0.717) is 17.2 Å². The Morgan fingerprint density at radius 1 is 0.719 bits per heavy atom. The number of halogens is 2. The SMILES string of the molecule is O=C(CCl)Nc1ccc(-c2nc(-c3ccccc3)c3cc(NC(=O)CCl)ccc3n2)cc1. The van der Waals surface area contributed by atoms with E-state index in [2.05, 4.69) is 10.6 Å². The predicted molar refractivity (Wildman–Crippen MR) is 129 cm³/mol. The number of carbonyl (C=O) groups is 2. The molecular formula is C24H18Cl2N4O2. The standard InChI is InChI=1S/C24H18Cl2N4O2/c25-13-21(31)27-17-8-6-16(7-9-17)24-29-20-11-10-18(28-22(32)14-26)12-19(20)23(30-24)15-4-2-1-3-5-15/h1-12H,13-14H2,(H,27,31)(H,28,32). The van der Waals surface area contributed by atoms with Crippen molar-refractivity contribution >= 4 is 57.3 Å². The number of nitrogens with zero attached hydrogens (tertiary/aromatic N) is 2. The predicted octanol–water partition coefficient (Wildman–Crippen LogP) is 5.32. The third-order valence-corrected chi connectivity index (χ3v) is 5.18. The largest absolute Gasteiger partial charge is 0.325 e. The van der Waals surface area contributed by atoms with Gasteiger partial charge in [-0.2, -0.15) is 0 Å². The number of aromatic nitrogens is 2. The van der Waals surface area contributed by atoms with E-state index in [1.54, 1.807) is 18.2 Å². The molecule has 6 nitrogen and oxygen atoms in total. The molecule has 4 rings (SSSR count). The van der Waals surface area contributed by atoms with Crippen LogP contribution in [0.5, 0.6) is 0 Å². The zero-order chi connectivity index (χ0) is 22.5. The van der Waals surface area contributed by atoms with Crippen LogP contribution >= 0.6 is 23.2 Å². The van der Waals surface area contributed by atoms with Crippen molar-refractivity contribution in [2.24, 2.45) is 0 Å². The van der Waals surface area contributed by atoms with E-state index in [4.69, 9.17) is 33.2 Å². The summed E-state index contributed by atoms with van der Waals surface area (Å²) in [5.74, 6) is -0.246. The van der Waals surface area contributed by atoms with Crippen molar-refractivity contribution in [3.63, 3.8) is 0 Å². The Bertz CT molecular complexity index is 1280. The molecule has 2 amide bonds. The lowest BCUT2D eigenvalue weighted by Crippen LogP contribution is -2.12. The van der Waals surface area contributed by atoms with Gasteiger partial charge in [0, 0.05) is 27.9 Å². The summed E-state index contributed by atoms with van der Waals surface area (Å²) in [7, 11) is 0. The molecular weight excluding hydrogens is 447 g/mol. The van der Waals surface area contributed by atoms with Crippen LogP contribution in [0, 0.1) is 0 Å². The van der Waals surface area contributed by atoms with Gasteiger partial charge < -0.3 is 10.6 Å². The molecule has 0 bridgehead atoms. The van der Waals surface area contributed by atoms with Gasteiger partial charge in [-0.05, 0) is 42.5 Å². The molecule has 1 heterocycles. The lowest BCUT2D eigenvalue weighted by molar-refractivity contribution is -0.114. The molecule has 0 aliphatic carbocycles. The van der Waals surface area contributed by atoms with Crippen LogP contribution in [0.15, 0.2) is 72.8 Å². The minimum absolute atomic E-state index is 0.108. The minimum Gasteiger partial charge on any atom is -0.325 e. The third kappa shape index (κ3) is 4.88. The lowest BCUT2D eigenvalue weighted by atomic mass is 10.0. The zero-order valence-electron chi connectivity index (χ0n) is 16.8.